The zero-order chi connectivity index (χ0) is 10.9. The molecule has 84 valence electrons. The minimum Gasteiger partial charge on any atom is -0.383 e. The van der Waals surface area contributed by atoms with E-state index in [0.717, 1.165) is 32.1 Å². The van der Waals surface area contributed by atoms with E-state index in [9.17, 15) is 0 Å². The molecule has 1 heterocycles. The fraction of sp³-hybridized carbons (Fsp3) is 0.545. The van der Waals surface area contributed by atoms with E-state index in [1.54, 1.807) is 7.11 Å². The van der Waals surface area contributed by atoms with Crippen LogP contribution in [0.4, 0.5) is 5.82 Å². The van der Waals surface area contributed by atoms with Gasteiger partial charge in [0.1, 0.15) is 5.82 Å². The first-order valence-corrected chi connectivity index (χ1v) is 5.19. The lowest BCUT2D eigenvalue weighted by Crippen LogP contribution is -2.25. The summed E-state index contributed by atoms with van der Waals surface area (Å²) in [5, 5.41) is 6.49. The molecule has 0 aliphatic heterocycles. The first-order chi connectivity index (χ1) is 7.33. The number of nitrogens with zero attached hydrogens (tertiary/aromatic N) is 1. The van der Waals surface area contributed by atoms with E-state index < -0.39 is 0 Å². The highest BCUT2D eigenvalue weighted by Gasteiger charge is 1.91. The van der Waals surface area contributed by atoms with E-state index in [2.05, 4.69) is 15.6 Å². The molecule has 0 saturated carbocycles. The molecule has 0 radical (unpaired) electrons. The molecule has 0 spiro atoms. The van der Waals surface area contributed by atoms with E-state index in [0.29, 0.717) is 0 Å². The Morgan fingerprint density at radius 2 is 2.13 bits per heavy atom. The van der Waals surface area contributed by atoms with Gasteiger partial charge in [0.15, 0.2) is 0 Å². The van der Waals surface area contributed by atoms with Gasteiger partial charge in [-0.3, -0.25) is 0 Å². The van der Waals surface area contributed by atoms with Crippen LogP contribution in [0.1, 0.15) is 5.56 Å². The van der Waals surface area contributed by atoms with Crippen molar-refractivity contribution in [2.45, 2.75) is 6.92 Å². The number of nitrogens with one attached hydrogen (secondary N) is 2. The lowest BCUT2D eigenvalue weighted by atomic mass is 10.3. The molecule has 0 saturated heterocycles. The molecule has 1 aromatic rings. The molecule has 15 heavy (non-hydrogen) atoms. The van der Waals surface area contributed by atoms with Gasteiger partial charge in [-0.05, 0) is 18.6 Å². The van der Waals surface area contributed by atoms with Crippen molar-refractivity contribution in [3.8, 4) is 0 Å². The molecule has 0 unspecified atom stereocenters. The zero-order valence-corrected chi connectivity index (χ0v) is 9.42. The van der Waals surface area contributed by atoms with Crippen LogP contribution in [0.3, 0.4) is 0 Å². The lowest BCUT2D eigenvalue weighted by molar-refractivity contribution is 0.200. The van der Waals surface area contributed by atoms with Crippen LogP contribution >= 0.6 is 0 Å². The average Bonchev–Trinajstić information content (AvgIpc) is 2.26. The molecule has 0 amide bonds. The number of pyridine rings is 1. The predicted octanol–water partition coefficient (Wildman–Crippen LogP) is 1.04. The molecule has 1 aromatic heterocycles. The third-order valence-corrected chi connectivity index (χ3v) is 2.00. The van der Waals surface area contributed by atoms with Crippen molar-refractivity contribution in [3.63, 3.8) is 0 Å². The maximum atomic E-state index is 4.92. The predicted molar refractivity (Wildman–Crippen MR) is 62.2 cm³/mol. The molecule has 0 bridgehead atoms. The number of hydrogen-bond acceptors (Lipinski definition) is 4. The molecular formula is C11H19N3O. The zero-order valence-electron chi connectivity index (χ0n) is 9.42. The molecule has 0 aliphatic rings. The van der Waals surface area contributed by atoms with Gasteiger partial charge in [0.25, 0.3) is 0 Å². The van der Waals surface area contributed by atoms with Gasteiger partial charge in [-0.1, -0.05) is 6.07 Å². The molecular weight excluding hydrogens is 190 g/mol. The van der Waals surface area contributed by atoms with Crippen molar-refractivity contribution < 1.29 is 4.74 Å². The van der Waals surface area contributed by atoms with Gasteiger partial charge in [-0.2, -0.15) is 0 Å². The van der Waals surface area contributed by atoms with Gasteiger partial charge in [-0.25, -0.2) is 4.98 Å². The maximum Gasteiger partial charge on any atom is 0.125 e. The van der Waals surface area contributed by atoms with Crippen LogP contribution in [0, 0.1) is 6.92 Å². The largest absolute Gasteiger partial charge is 0.383 e. The Bertz CT molecular complexity index is 261. The second kappa shape index (κ2) is 7.20. The van der Waals surface area contributed by atoms with Crippen LogP contribution in [0.2, 0.25) is 0 Å². The van der Waals surface area contributed by atoms with Crippen LogP contribution in [0.15, 0.2) is 18.3 Å². The molecule has 0 aromatic carbocycles. The smallest absolute Gasteiger partial charge is 0.125 e. The van der Waals surface area contributed by atoms with Crippen LogP contribution < -0.4 is 10.6 Å². The Labute approximate surface area is 91.1 Å². The van der Waals surface area contributed by atoms with Crippen LogP contribution in [0.25, 0.3) is 0 Å². The highest BCUT2D eigenvalue weighted by atomic mass is 16.5. The number of aromatic nitrogens is 1. The van der Waals surface area contributed by atoms with Crippen molar-refractivity contribution in [1.29, 1.82) is 0 Å². The number of rotatable bonds is 7. The fourth-order valence-corrected chi connectivity index (χ4v) is 1.15. The number of aryl methyl sites for hydroxylation is 1. The van der Waals surface area contributed by atoms with Crippen LogP contribution in [-0.4, -0.2) is 38.3 Å². The topological polar surface area (TPSA) is 46.2 Å². The summed E-state index contributed by atoms with van der Waals surface area (Å²) in [5.41, 5.74) is 1.18. The van der Waals surface area contributed by atoms with E-state index in [4.69, 9.17) is 4.74 Å². The highest BCUT2D eigenvalue weighted by Crippen LogP contribution is 2.02. The van der Waals surface area contributed by atoms with Gasteiger partial charge in [0.2, 0.25) is 0 Å². The Hall–Kier alpha value is -1.13. The third-order valence-electron chi connectivity index (χ3n) is 2.00. The summed E-state index contributed by atoms with van der Waals surface area (Å²) < 4.78 is 4.92. The summed E-state index contributed by atoms with van der Waals surface area (Å²) in [6.07, 6.45) is 1.86. The van der Waals surface area contributed by atoms with Gasteiger partial charge in [0.05, 0.1) is 6.61 Å². The number of ether oxygens (including phenoxy) is 1. The number of hydrogen-bond donors (Lipinski definition) is 2. The quantitative estimate of drug-likeness (QED) is 0.659. The number of methoxy groups -OCH3 is 1. The van der Waals surface area contributed by atoms with Crippen molar-refractivity contribution in [1.82, 2.24) is 10.3 Å². The Balaban J connectivity index is 2.07. The third kappa shape index (κ3) is 5.34. The summed E-state index contributed by atoms with van der Waals surface area (Å²) >= 11 is 0. The van der Waals surface area contributed by atoms with Gasteiger partial charge >= 0.3 is 0 Å². The van der Waals surface area contributed by atoms with Crippen LogP contribution in [-0.2, 0) is 4.74 Å². The Kier molecular flexibility index (Phi) is 5.73. The van der Waals surface area contributed by atoms with E-state index >= 15 is 0 Å². The van der Waals surface area contributed by atoms with Crippen molar-refractivity contribution >= 4 is 5.82 Å². The van der Waals surface area contributed by atoms with Gasteiger partial charge < -0.3 is 15.4 Å². The van der Waals surface area contributed by atoms with Gasteiger partial charge in [0, 0.05) is 32.9 Å². The molecule has 0 atom stereocenters. The summed E-state index contributed by atoms with van der Waals surface area (Å²) in [4.78, 5) is 4.25. The Morgan fingerprint density at radius 3 is 2.80 bits per heavy atom. The maximum absolute atomic E-state index is 4.92. The standard InChI is InChI=1S/C11H19N3O/c1-10-3-4-11(14-9-10)13-6-5-12-7-8-15-2/h3-4,9,12H,5-8H2,1-2H3,(H,13,14). The molecule has 0 fully saturated rings. The molecule has 1 rings (SSSR count). The number of anilines is 1. The van der Waals surface area contributed by atoms with Crippen molar-refractivity contribution in [2.24, 2.45) is 0 Å². The van der Waals surface area contributed by atoms with E-state index in [-0.39, 0.29) is 0 Å². The second-order valence-electron chi connectivity index (χ2n) is 3.39. The normalized spacial score (nSPS) is 10.3. The SMILES string of the molecule is COCCNCCNc1ccc(C)cn1. The fourth-order valence-electron chi connectivity index (χ4n) is 1.15. The first kappa shape index (κ1) is 11.9. The second-order valence-corrected chi connectivity index (χ2v) is 3.39. The summed E-state index contributed by atoms with van der Waals surface area (Å²) in [6.45, 7) is 5.46. The lowest BCUT2D eigenvalue weighted by Gasteiger charge is -2.06. The minimum absolute atomic E-state index is 0.753. The average molecular weight is 209 g/mol. The monoisotopic (exact) mass is 209 g/mol. The summed E-state index contributed by atoms with van der Waals surface area (Å²) in [5.74, 6) is 0.925. The van der Waals surface area contributed by atoms with E-state index in [1.165, 1.54) is 5.56 Å². The van der Waals surface area contributed by atoms with Crippen molar-refractivity contribution in [3.05, 3.63) is 23.9 Å². The molecule has 2 N–H and O–H groups in total. The summed E-state index contributed by atoms with van der Waals surface area (Å²) in [6, 6.07) is 4.04. The summed E-state index contributed by atoms with van der Waals surface area (Å²) in [7, 11) is 1.70. The first-order valence-electron chi connectivity index (χ1n) is 5.19. The highest BCUT2D eigenvalue weighted by molar-refractivity contribution is 5.34. The van der Waals surface area contributed by atoms with E-state index in [1.807, 2.05) is 25.3 Å². The van der Waals surface area contributed by atoms with Gasteiger partial charge in [-0.15, -0.1) is 0 Å². The molecule has 0 aliphatic carbocycles. The van der Waals surface area contributed by atoms with Crippen LogP contribution in [0.5, 0.6) is 0 Å². The molecule has 4 heteroatoms. The Morgan fingerprint density at radius 1 is 1.27 bits per heavy atom. The van der Waals surface area contributed by atoms with Crippen molar-refractivity contribution in [2.75, 3.05) is 38.7 Å². The molecule has 4 nitrogen and oxygen atoms in total. The minimum atomic E-state index is 0.753.